The van der Waals surface area contributed by atoms with Gasteiger partial charge in [0.2, 0.25) is 5.03 Å². The molecule has 0 fully saturated rings. The molecule has 0 bridgehead atoms. The van der Waals surface area contributed by atoms with E-state index < -0.39 is 35.1 Å². The van der Waals surface area contributed by atoms with E-state index in [1.54, 1.807) is 13.1 Å². The first kappa shape index (κ1) is 18.2. The quantitative estimate of drug-likeness (QED) is 0.855. The van der Waals surface area contributed by atoms with Gasteiger partial charge in [-0.05, 0) is 5.04 Å². The van der Waals surface area contributed by atoms with Crippen LogP contribution in [0.4, 0.5) is 13.2 Å². The summed E-state index contributed by atoms with van der Waals surface area (Å²) < 4.78 is 66.8. The maximum absolute atomic E-state index is 13.7. The summed E-state index contributed by atoms with van der Waals surface area (Å²) >= 11 is 0. The van der Waals surface area contributed by atoms with Crippen molar-refractivity contribution >= 4 is 18.3 Å². The molecule has 0 aromatic carbocycles. The zero-order valence-electron chi connectivity index (χ0n) is 12.8. The minimum Gasteiger partial charge on any atom is -0.231 e. The Hall–Kier alpha value is -0.873. The summed E-state index contributed by atoms with van der Waals surface area (Å²) in [7, 11) is -6.82. The first-order valence-corrected chi connectivity index (χ1v) is 10.7. The van der Waals surface area contributed by atoms with Gasteiger partial charge in [-0.1, -0.05) is 33.9 Å². The molecule has 0 atom stereocenters. The Morgan fingerprint density at radius 1 is 1.24 bits per heavy atom. The van der Waals surface area contributed by atoms with Crippen molar-refractivity contribution < 1.29 is 21.6 Å². The van der Waals surface area contributed by atoms with E-state index in [1.165, 1.54) is 0 Å². The van der Waals surface area contributed by atoms with Gasteiger partial charge in [0.15, 0.2) is 5.82 Å². The first-order valence-electron chi connectivity index (χ1n) is 6.25. The van der Waals surface area contributed by atoms with Crippen LogP contribution in [0, 0.1) is 5.82 Å². The van der Waals surface area contributed by atoms with Crippen LogP contribution in [-0.2, 0) is 16.1 Å². The third kappa shape index (κ3) is 3.86. The van der Waals surface area contributed by atoms with Crippen LogP contribution >= 0.6 is 0 Å². The molecular weight excluding hydrogens is 323 g/mol. The lowest BCUT2D eigenvalue weighted by atomic mass is 10.2. The van der Waals surface area contributed by atoms with Gasteiger partial charge < -0.3 is 0 Å². The molecule has 1 N–H and O–H groups in total. The first-order chi connectivity index (χ1) is 9.08. The van der Waals surface area contributed by atoms with Gasteiger partial charge in [0, 0.05) is 6.92 Å². The van der Waals surface area contributed by atoms with Crippen LogP contribution in [0.15, 0.2) is 11.2 Å². The third-order valence-electron chi connectivity index (χ3n) is 3.56. The standard InChI is InChI=1S/C11H20F3N3O2SSi/c1-10(2,3)21(5,6)16-20(18,19)9-8(12)7-17(15-9)11(4,13)14/h7,16H,1-6H3. The third-order valence-corrected chi connectivity index (χ3v) is 11.2. The van der Waals surface area contributed by atoms with Gasteiger partial charge in [-0.25, -0.2) is 21.9 Å². The van der Waals surface area contributed by atoms with Crippen molar-refractivity contribution in [1.29, 1.82) is 0 Å². The maximum atomic E-state index is 13.7. The van der Waals surface area contributed by atoms with Crippen LogP contribution in [0.1, 0.15) is 27.7 Å². The van der Waals surface area contributed by atoms with E-state index in [-0.39, 0.29) is 9.72 Å². The smallest absolute Gasteiger partial charge is 0.231 e. The fourth-order valence-electron chi connectivity index (χ4n) is 1.26. The summed E-state index contributed by atoms with van der Waals surface area (Å²) in [5, 5.41) is 1.84. The van der Waals surface area contributed by atoms with Crippen LogP contribution in [-0.4, -0.2) is 26.4 Å². The lowest BCUT2D eigenvalue weighted by molar-refractivity contribution is -0.0733. The number of alkyl halides is 2. The van der Waals surface area contributed by atoms with Crippen LogP contribution in [0.3, 0.4) is 0 Å². The van der Waals surface area contributed by atoms with Crippen LogP contribution in [0.5, 0.6) is 0 Å². The van der Waals surface area contributed by atoms with Gasteiger partial charge >= 0.3 is 6.05 Å². The summed E-state index contributed by atoms with van der Waals surface area (Å²) in [4.78, 5) is 0. The maximum Gasteiger partial charge on any atom is 0.340 e. The van der Waals surface area contributed by atoms with Crippen molar-refractivity contribution in [3.8, 4) is 0 Å². The zero-order valence-corrected chi connectivity index (χ0v) is 14.6. The van der Waals surface area contributed by atoms with E-state index in [2.05, 4.69) is 9.49 Å². The highest BCUT2D eigenvalue weighted by Crippen LogP contribution is 2.35. The van der Waals surface area contributed by atoms with Gasteiger partial charge in [-0.15, -0.1) is 0 Å². The number of aromatic nitrogens is 2. The molecular formula is C11H20F3N3O2SSi. The Labute approximate surface area is 123 Å². The lowest BCUT2D eigenvalue weighted by Gasteiger charge is -2.36. The number of rotatable bonds is 4. The topological polar surface area (TPSA) is 64.0 Å². The van der Waals surface area contributed by atoms with Gasteiger partial charge in [0.05, 0.1) is 6.20 Å². The molecule has 5 nitrogen and oxygen atoms in total. The minimum absolute atomic E-state index is 0.00252. The summed E-state index contributed by atoms with van der Waals surface area (Å²) in [6.07, 6.45) is 0.375. The normalized spacial score (nSPS) is 14.5. The number of hydrogen-bond acceptors (Lipinski definition) is 3. The summed E-state index contributed by atoms with van der Waals surface area (Å²) in [6, 6.07) is -3.48. The van der Waals surface area contributed by atoms with Gasteiger partial charge in [-0.2, -0.15) is 13.9 Å². The van der Waals surface area contributed by atoms with Crippen LogP contribution in [0.25, 0.3) is 0 Å². The van der Waals surface area contributed by atoms with Crippen LogP contribution in [0.2, 0.25) is 18.1 Å². The monoisotopic (exact) mass is 343 g/mol. The molecule has 0 unspecified atom stereocenters. The fourth-order valence-corrected chi connectivity index (χ4v) is 6.06. The predicted octanol–water partition coefficient (Wildman–Crippen LogP) is 2.87. The highest BCUT2D eigenvalue weighted by Gasteiger charge is 2.41. The molecule has 122 valence electrons. The van der Waals surface area contributed by atoms with Crippen molar-refractivity contribution in [2.45, 2.75) is 56.9 Å². The van der Waals surface area contributed by atoms with Crippen molar-refractivity contribution in [1.82, 2.24) is 14.2 Å². The van der Waals surface area contributed by atoms with Gasteiger partial charge in [0.1, 0.15) is 8.24 Å². The lowest BCUT2D eigenvalue weighted by Crippen LogP contribution is -2.54. The largest absolute Gasteiger partial charge is 0.340 e. The summed E-state index contributed by atoms with van der Waals surface area (Å²) in [6.45, 7) is 9.59. The summed E-state index contributed by atoms with van der Waals surface area (Å²) in [5.74, 6) is -1.30. The van der Waals surface area contributed by atoms with E-state index in [4.69, 9.17) is 0 Å². The Bertz CT molecular complexity index is 630. The number of halogens is 3. The van der Waals surface area contributed by atoms with Crippen molar-refractivity contribution in [2.75, 3.05) is 0 Å². The van der Waals surface area contributed by atoms with Crippen molar-refractivity contribution in [3.05, 3.63) is 12.0 Å². The molecule has 0 radical (unpaired) electrons. The Balaban J connectivity index is 3.25. The van der Waals surface area contributed by atoms with Crippen molar-refractivity contribution in [3.63, 3.8) is 0 Å². The molecule has 0 saturated heterocycles. The molecule has 1 rings (SSSR count). The van der Waals surface area contributed by atoms with Gasteiger partial charge in [-0.3, -0.25) is 0 Å². The SMILES string of the molecule is CC(F)(F)n1cc(F)c(S(=O)(=O)N[Si](C)(C)C(C)(C)C)n1. The van der Waals surface area contributed by atoms with E-state index in [9.17, 15) is 21.6 Å². The molecule has 0 spiro atoms. The molecule has 1 aromatic rings. The molecule has 1 heterocycles. The van der Waals surface area contributed by atoms with E-state index in [1.807, 2.05) is 20.8 Å². The number of hydrogen-bond donors (Lipinski definition) is 1. The molecule has 0 saturated carbocycles. The highest BCUT2D eigenvalue weighted by atomic mass is 32.2. The Morgan fingerprint density at radius 3 is 2.05 bits per heavy atom. The second kappa shape index (κ2) is 5.09. The van der Waals surface area contributed by atoms with Crippen molar-refractivity contribution in [2.24, 2.45) is 0 Å². The predicted molar refractivity (Wildman–Crippen MR) is 75.6 cm³/mol. The molecule has 21 heavy (non-hydrogen) atoms. The molecule has 10 heteroatoms. The Kier molecular flexibility index (Phi) is 4.41. The van der Waals surface area contributed by atoms with E-state index >= 15 is 0 Å². The average molecular weight is 343 g/mol. The second-order valence-corrected chi connectivity index (χ2v) is 13.5. The summed E-state index contributed by atoms with van der Waals surface area (Å²) in [5.41, 5.74) is 0. The highest BCUT2D eigenvalue weighted by molar-refractivity contribution is 7.90. The number of sulfonamides is 1. The number of nitrogens with one attached hydrogen (secondary N) is 1. The zero-order chi connectivity index (χ0) is 16.9. The van der Waals surface area contributed by atoms with E-state index in [0.29, 0.717) is 13.1 Å². The minimum atomic E-state index is -4.30. The molecule has 0 amide bonds. The van der Waals surface area contributed by atoms with Crippen LogP contribution < -0.4 is 4.39 Å². The molecule has 0 aliphatic heterocycles. The van der Waals surface area contributed by atoms with Gasteiger partial charge in [0.25, 0.3) is 10.0 Å². The second-order valence-electron chi connectivity index (χ2n) is 6.55. The molecule has 1 aromatic heterocycles. The fraction of sp³-hybridized carbons (Fsp3) is 0.727. The Morgan fingerprint density at radius 2 is 1.71 bits per heavy atom. The molecule has 0 aliphatic carbocycles. The average Bonchev–Trinajstić information content (AvgIpc) is 2.56. The number of nitrogens with zero attached hydrogens (tertiary/aromatic N) is 2. The molecule has 0 aliphatic rings. The van der Waals surface area contributed by atoms with E-state index in [0.717, 1.165) is 0 Å².